The van der Waals surface area contributed by atoms with Gasteiger partial charge in [0.15, 0.2) is 0 Å². The van der Waals surface area contributed by atoms with E-state index in [2.05, 4.69) is 28.2 Å². The van der Waals surface area contributed by atoms with Gasteiger partial charge in [-0.3, -0.25) is 9.62 Å². The van der Waals surface area contributed by atoms with Crippen LogP contribution in [0.15, 0.2) is 54.6 Å². The molecule has 6 heteroatoms. The van der Waals surface area contributed by atoms with E-state index in [9.17, 15) is 8.42 Å². The van der Waals surface area contributed by atoms with Crippen molar-refractivity contribution in [2.75, 3.05) is 17.8 Å². The van der Waals surface area contributed by atoms with Crippen LogP contribution in [0.3, 0.4) is 0 Å². The van der Waals surface area contributed by atoms with Crippen LogP contribution in [0.5, 0.6) is 0 Å². The number of nitrogens with one attached hydrogen (secondary N) is 2. The SMILES string of the molecule is CCN(CC)Cc1cccc(NS(=O)(=O)NCc2ccccc2)c1. The molecule has 0 aliphatic carbocycles. The zero-order chi connectivity index (χ0) is 17.4. The number of hydrogen-bond acceptors (Lipinski definition) is 3. The zero-order valence-electron chi connectivity index (χ0n) is 14.2. The molecule has 0 saturated carbocycles. The lowest BCUT2D eigenvalue weighted by molar-refractivity contribution is 0.296. The molecule has 0 heterocycles. The summed E-state index contributed by atoms with van der Waals surface area (Å²) in [5.74, 6) is 0. The maximum Gasteiger partial charge on any atom is 0.299 e. The predicted molar refractivity (Wildman–Crippen MR) is 98.9 cm³/mol. The van der Waals surface area contributed by atoms with E-state index in [1.165, 1.54) is 0 Å². The summed E-state index contributed by atoms with van der Waals surface area (Å²) in [6, 6.07) is 16.9. The fraction of sp³-hybridized carbons (Fsp3) is 0.333. The Bertz CT molecular complexity index is 729. The van der Waals surface area contributed by atoms with Gasteiger partial charge < -0.3 is 0 Å². The van der Waals surface area contributed by atoms with Crippen molar-refractivity contribution in [3.63, 3.8) is 0 Å². The van der Waals surface area contributed by atoms with Gasteiger partial charge in [-0.15, -0.1) is 0 Å². The van der Waals surface area contributed by atoms with Crippen molar-refractivity contribution in [2.24, 2.45) is 0 Å². The molecular formula is C18H25N3O2S. The fourth-order valence-electron chi connectivity index (χ4n) is 2.40. The summed E-state index contributed by atoms with van der Waals surface area (Å²) in [5.41, 5.74) is 2.57. The van der Waals surface area contributed by atoms with Gasteiger partial charge in [0, 0.05) is 13.1 Å². The molecule has 2 N–H and O–H groups in total. The van der Waals surface area contributed by atoms with Crippen LogP contribution in [0.1, 0.15) is 25.0 Å². The van der Waals surface area contributed by atoms with Crippen molar-refractivity contribution >= 4 is 15.9 Å². The number of anilines is 1. The molecule has 24 heavy (non-hydrogen) atoms. The van der Waals surface area contributed by atoms with Crippen LogP contribution in [0.25, 0.3) is 0 Å². The monoisotopic (exact) mass is 347 g/mol. The summed E-state index contributed by atoms with van der Waals surface area (Å²) < 4.78 is 29.5. The average Bonchev–Trinajstić information content (AvgIpc) is 2.59. The molecule has 0 aromatic heterocycles. The van der Waals surface area contributed by atoms with Crippen molar-refractivity contribution in [3.05, 3.63) is 65.7 Å². The molecule has 0 bridgehead atoms. The van der Waals surface area contributed by atoms with E-state index in [0.717, 1.165) is 30.8 Å². The van der Waals surface area contributed by atoms with E-state index in [1.54, 1.807) is 6.07 Å². The fourth-order valence-corrected chi connectivity index (χ4v) is 3.27. The van der Waals surface area contributed by atoms with E-state index in [-0.39, 0.29) is 6.54 Å². The second kappa shape index (κ2) is 8.82. The van der Waals surface area contributed by atoms with Crippen LogP contribution >= 0.6 is 0 Å². The highest BCUT2D eigenvalue weighted by Crippen LogP contribution is 2.14. The molecular weight excluding hydrogens is 322 g/mol. The molecule has 2 rings (SSSR count). The summed E-state index contributed by atoms with van der Waals surface area (Å²) in [6.45, 7) is 7.22. The second-order valence-corrected chi connectivity index (χ2v) is 7.07. The molecule has 0 fully saturated rings. The molecule has 2 aromatic rings. The summed E-state index contributed by atoms with van der Waals surface area (Å²) in [7, 11) is -3.60. The van der Waals surface area contributed by atoms with Gasteiger partial charge in [0.25, 0.3) is 10.2 Å². The number of nitrogens with zero attached hydrogens (tertiary/aromatic N) is 1. The third-order valence-corrected chi connectivity index (χ3v) is 4.82. The topological polar surface area (TPSA) is 61.4 Å². The zero-order valence-corrected chi connectivity index (χ0v) is 15.0. The van der Waals surface area contributed by atoms with Crippen LogP contribution in [0, 0.1) is 0 Å². The quantitative estimate of drug-likeness (QED) is 0.733. The first-order chi connectivity index (χ1) is 11.5. The summed E-state index contributed by atoms with van der Waals surface area (Å²) >= 11 is 0. The van der Waals surface area contributed by atoms with E-state index < -0.39 is 10.2 Å². The van der Waals surface area contributed by atoms with Crippen LogP contribution in [0.2, 0.25) is 0 Å². The van der Waals surface area contributed by atoms with Gasteiger partial charge in [0.2, 0.25) is 0 Å². The molecule has 0 atom stereocenters. The van der Waals surface area contributed by atoms with E-state index in [1.807, 2.05) is 48.5 Å². The molecule has 0 radical (unpaired) electrons. The van der Waals surface area contributed by atoms with Crippen LogP contribution < -0.4 is 9.44 Å². The first-order valence-electron chi connectivity index (χ1n) is 8.15. The molecule has 2 aromatic carbocycles. The summed E-state index contributed by atoms with van der Waals surface area (Å²) in [4.78, 5) is 2.28. The smallest absolute Gasteiger partial charge is 0.299 e. The lowest BCUT2D eigenvalue weighted by Crippen LogP contribution is -2.29. The van der Waals surface area contributed by atoms with Crippen molar-refractivity contribution in [3.8, 4) is 0 Å². The molecule has 130 valence electrons. The van der Waals surface area contributed by atoms with E-state index >= 15 is 0 Å². The molecule has 0 amide bonds. The van der Waals surface area contributed by atoms with Crippen molar-refractivity contribution in [1.82, 2.24) is 9.62 Å². The van der Waals surface area contributed by atoms with Gasteiger partial charge in [0.05, 0.1) is 5.69 Å². The molecule has 0 aliphatic heterocycles. The average molecular weight is 347 g/mol. The largest absolute Gasteiger partial charge is 0.300 e. The third kappa shape index (κ3) is 5.96. The highest BCUT2D eigenvalue weighted by molar-refractivity contribution is 7.90. The number of rotatable bonds is 9. The first-order valence-corrected chi connectivity index (χ1v) is 9.63. The van der Waals surface area contributed by atoms with Gasteiger partial charge in [-0.2, -0.15) is 13.1 Å². The minimum atomic E-state index is -3.60. The highest BCUT2D eigenvalue weighted by atomic mass is 32.2. The number of hydrogen-bond donors (Lipinski definition) is 2. The van der Waals surface area contributed by atoms with Gasteiger partial charge in [-0.1, -0.05) is 56.3 Å². The van der Waals surface area contributed by atoms with Crippen LogP contribution in [-0.2, 0) is 23.3 Å². The first kappa shape index (κ1) is 18.4. The number of benzene rings is 2. The van der Waals surface area contributed by atoms with Gasteiger partial charge >= 0.3 is 0 Å². The maximum absolute atomic E-state index is 12.2. The third-order valence-electron chi connectivity index (χ3n) is 3.79. The molecule has 0 spiro atoms. The van der Waals surface area contributed by atoms with Gasteiger partial charge in [0.1, 0.15) is 0 Å². The minimum absolute atomic E-state index is 0.259. The Morgan fingerprint density at radius 2 is 1.58 bits per heavy atom. The van der Waals surface area contributed by atoms with Gasteiger partial charge in [-0.05, 0) is 36.3 Å². The predicted octanol–water partition coefficient (Wildman–Crippen LogP) is 2.97. The Hall–Kier alpha value is -1.89. The molecule has 0 saturated heterocycles. The van der Waals surface area contributed by atoms with Crippen LogP contribution in [0.4, 0.5) is 5.69 Å². The van der Waals surface area contributed by atoms with E-state index in [0.29, 0.717) is 5.69 Å². The van der Waals surface area contributed by atoms with Crippen LogP contribution in [-0.4, -0.2) is 26.4 Å². The van der Waals surface area contributed by atoms with E-state index in [4.69, 9.17) is 0 Å². The lowest BCUT2D eigenvalue weighted by Gasteiger charge is -2.18. The molecule has 5 nitrogen and oxygen atoms in total. The lowest BCUT2D eigenvalue weighted by atomic mass is 10.2. The Balaban J connectivity index is 1.98. The van der Waals surface area contributed by atoms with Crippen molar-refractivity contribution < 1.29 is 8.42 Å². The Morgan fingerprint density at radius 3 is 2.25 bits per heavy atom. The summed E-state index contributed by atoms with van der Waals surface area (Å²) in [6.07, 6.45) is 0. The second-order valence-electron chi connectivity index (χ2n) is 5.57. The summed E-state index contributed by atoms with van der Waals surface area (Å²) in [5, 5.41) is 0. The molecule has 0 unspecified atom stereocenters. The standard InChI is InChI=1S/C18H25N3O2S/c1-3-21(4-2)15-17-11-8-12-18(13-17)20-24(22,23)19-14-16-9-6-5-7-10-16/h5-13,19-20H,3-4,14-15H2,1-2H3. The minimum Gasteiger partial charge on any atom is -0.300 e. The molecule has 0 aliphatic rings. The highest BCUT2D eigenvalue weighted by Gasteiger charge is 2.10. The normalized spacial score (nSPS) is 11.6. The maximum atomic E-state index is 12.2. The van der Waals surface area contributed by atoms with Crippen molar-refractivity contribution in [2.45, 2.75) is 26.9 Å². The Labute approximate surface area is 144 Å². The van der Waals surface area contributed by atoms with Crippen molar-refractivity contribution in [1.29, 1.82) is 0 Å². The van der Waals surface area contributed by atoms with Gasteiger partial charge in [-0.25, -0.2) is 0 Å². The Morgan fingerprint density at radius 1 is 0.917 bits per heavy atom. The Kier molecular flexibility index (Phi) is 6.78.